The van der Waals surface area contributed by atoms with Crippen molar-refractivity contribution in [2.75, 3.05) is 0 Å². The van der Waals surface area contributed by atoms with Crippen molar-refractivity contribution in [3.63, 3.8) is 0 Å². The topological polar surface area (TPSA) is 107 Å². The van der Waals surface area contributed by atoms with Gasteiger partial charge in [-0.1, -0.05) is 84.0 Å². The molecule has 0 saturated heterocycles. The summed E-state index contributed by atoms with van der Waals surface area (Å²) in [5, 5.41) is 37.0. The van der Waals surface area contributed by atoms with Crippen LogP contribution < -0.4 is 5.73 Å². The van der Waals surface area contributed by atoms with Crippen LogP contribution in [0.2, 0.25) is 0 Å². The van der Waals surface area contributed by atoms with Crippen molar-refractivity contribution in [2.45, 2.75) is 115 Å². The summed E-state index contributed by atoms with van der Waals surface area (Å²) in [6.07, 6.45) is 14.0. The third-order valence-electron chi connectivity index (χ3n) is 4.50. The highest BCUT2D eigenvalue weighted by Gasteiger charge is 2.35. The zero-order chi connectivity index (χ0) is 17.6. The Bertz CT molecular complexity index is 259. The summed E-state index contributed by atoms with van der Waals surface area (Å²) >= 11 is 0. The van der Waals surface area contributed by atoms with Crippen LogP contribution in [0.5, 0.6) is 0 Å². The van der Waals surface area contributed by atoms with Gasteiger partial charge in [-0.2, -0.15) is 0 Å². The highest BCUT2D eigenvalue weighted by atomic mass is 16.5. The minimum absolute atomic E-state index is 0.0730. The van der Waals surface area contributed by atoms with Gasteiger partial charge in [0, 0.05) is 6.42 Å². The van der Waals surface area contributed by atoms with Gasteiger partial charge in [-0.3, -0.25) is 0 Å². The van der Waals surface area contributed by atoms with E-state index in [0.29, 0.717) is 6.42 Å². The molecule has 0 aliphatic rings. The maximum atomic E-state index is 9.64. The van der Waals surface area contributed by atoms with Crippen molar-refractivity contribution < 1.29 is 20.4 Å². The number of hydrogen-bond acceptors (Lipinski definition) is 5. The average Bonchev–Trinajstić information content (AvgIpc) is 2.50. The quantitative estimate of drug-likeness (QED) is 0.220. The van der Waals surface area contributed by atoms with Crippen LogP contribution in [0, 0.1) is 0 Å². The van der Waals surface area contributed by atoms with Crippen LogP contribution in [-0.2, 0) is 0 Å². The monoisotopic (exact) mass is 333 g/mol. The van der Waals surface area contributed by atoms with Crippen LogP contribution in [0.3, 0.4) is 0 Å². The summed E-state index contributed by atoms with van der Waals surface area (Å²) in [6, 6.07) is -1.44. The summed E-state index contributed by atoms with van der Waals surface area (Å²) in [5.41, 5.74) is 5.34. The second kappa shape index (κ2) is 14.2. The molecule has 0 aromatic heterocycles. The van der Waals surface area contributed by atoms with Crippen LogP contribution in [0.25, 0.3) is 0 Å². The zero-order valence-corrected chi connectivity index (χ0v) is 14.9. The second-order valence-corrected chi connectivity index (χ2v) is 6.81. The van der Waals surface area contributed by atoms with Crippen LogP contribution in [0.1, 0.15) is 96.8 Å². The van der Waals surface area contributed by atoms with E-state index < -0.39 is 18.1 Å². The van der Waals surface area contributed by atoms with E-state index in [0.717, 1.165) is 12.8 Å². The van der Waals surface area contributed by atoms with Crippen molar-refractivity contribution in [2.24, 2.45) is 5.73 Å². The van der Waals surface area contributed by atoms with Gasteiger partial charge in [-0.15, -0.1) is 0 Å². The fourth-order valence-electron chi connectivity index (χ4n) is 2.81. The predicted molar refractivity (Wildman–Crippen MR) is 93.7 cm³/mol. The maximum absolute atomic E-state index is 9.64. The molecule has 0 aromatic rings. The molecule has 0 bridgehead atoms. The van der Waals surface area contributed by atoms with Crippen LogP contribution in [0.4, 0.5) is 0 Å². The Labute approximate surface area is 141 Å². The van der Waals surface area contributed by atoms with Crippen molar-refractivity contribution in [1.29, 1.82) is 0 Å². The van der Waals surface area contributed by atoms with Gasteiger partial charge < -0.3 is 26.2 Å². The van der Waals surface area contributed by atoms with Crippen LogP contribution in [-0.4, -0.2) is 38.5 Å². The first-order chi connectivity index (χ1) is 10.9. The van der Waals surface area contributed by atoms with Crippen LogP contribution >= 0.6 is 0 Å². The highest BCUT2D eigenvalue weighted by Crippen LogP contribution is 2.18. The van der Waals surface area contributed by atoms with Crippen molar-refractivity contribution in [3.05, 3.63) is 0 Å². The smallest absolute Gasteiger partial charge is 0.183 e. The average molecular weight is 334 g/mol. The van der Waals surface area contributed by atoms with Gasteiger partial charge in [-0.25, -0.2) is 0 Å². The van der Waals surface area contributed by atoms with Gasteiger partial charge in [0.25, 0.3) is 0 Å². The highest BCUT2D eigenvalue weighted by molar-refractivity contribution is 4.80. The Morgan fingerprint density at radius 1 is 0.696 bits per heavy atom. The Hall–Kier alpha value is -0.200. The van der Waals surface area contributed by atoms with Crippen molar-refractivity contribution in [1.82, 2.24) is 0 Å². The maximum Gasteiger partial charge on any atom is 0.183 e. The summed E-state index contributed by atoms with van der Waals surface area (Å²) in [6.45, 7) is 2.24. The minimum Gasteiger partial charge on any atom is -0.367 e. The number of aliphatic hydroxyl groups excluding tert-OH is 1. The Kier molecular flexibility index (Phi) is 14.0. The van der Waals surface area contributed by atoms with E-state index in [9.17, 15) is 10.2 Å². The van der Waals surface area contributed by atoms with Gasteiger partial charge in [0.2, 0.25) is 0 Å². The Morgan fingerprint density at radius 3 is 1.39 bits per heavy atom. The van der Waals surface area contributed by atoms with E-state index in [1.54, 1.807) is 0 Å². The molecule has 0 amide bonds. The zero-order valence-electron chi connectivity index (χ0n) is 14.9. The number of rotatable bonds is 16. The Balaban J connectivity index is 3.34. The first-order valence-corrected chi connectivity index (χ1v) is 9.48. The van der Waals surface area contributed by atoms with Crippen LogP contribution in [0.15, 0.2) is 0 Å². The van der Waals surface area contributed by atoms with E-state index in [4.69, 9.17) is 15.9 Å². The minimum atomic E-state index is -2.20. The number of unbranched alkanes of at least 4 members (excludes halogenated alkanes) is 12. The van der Waals surface area contributed by atoms with E-state index in [1.807, 2.05) is 0 Å². The van der Waals surface area contributed by atoms with E-state index in [2.05, 4.69) is 6.92 Å². The van der Waals surface area contributed by atoms with E-state index >= 15 is 0 Å². The SMILES string of the molecule is CCCCCCCCCCCCCCCC(O)(O)[C@@H](N)C(O)O. The molecular formula is C18H39NO4. The van der Waals surface area contributed by atoms with Gasteiger partial charge >= 0.3 is 0 Å². The normalized spacial score (nSPS) is 13.7. The molecule has 0 radical (unpaired) electrons. The lowest BCUT2D eigenvalue weighted by Gasteiger charge is -2.29. The molecule has 0 unspecified atom stereocenters. The summed E-state index contributed by atoms with van der Waals surface area (Å²) in [7, 11) is 0. The van der Waals surface area contributed by atoms with Gasteiger partial charge in [0.15, 0.2) is 12.1 Å². The molecular weight excluding hydrogens is 294 g/mol. The molecule has 0 aliphatic carbocycles. The van der Waals surface area contributed by atoms with Gasteiger partial charge in [-0.05, 0) is 6.42 Å². The fraction of sp³-hybridized carbons (Fsp3) is 1.00. The molecule has 23 heavy (non-hydrogen) atoms. The standard InChI is InChI=1S/C18H39NO4/c1-2-3-4-5-6-7-8-9-10-11-12-13-14-15-18(22,23)16(19)17(20)21/h16-17,20-23H,2-15,19H2,1H3/t16-/m0/s1. The van der Waals surface area contributed by atoms with E-state index in [-0.39, 0.29) is 6.42 Å². The molecule has 0 fully saturated rings. The molecule has 0 saturated carbocycles. The predicted octanol–water partition coefficient (Wildman–Crippen LogP) is 2.79. The third-order valence-corrected chi connectivity index (χ3v) is 4.50. The summed E-state index contributed by atoms with van der Waals surface area (Å²) < 4.78 is 0. The lowest BCUT2D eigenvalue weighted by Crippen LogP contribution is -2.54. The first-order valence-electron chi connectivity index (χ1n) is 9.48. The lowest BCUT2D eigenvalue weighted by atomic mass is 9.99. The molecule has 1 atom stereocenters. The van der Waals surface area contributed by atoms with Gasteiger partial charge in [0.05, 0.1) is 0 Å². The molecule has 0 heterocycles. The molecule has 5 nitrogen and oxygen atoms in total. The fourth-order valence-corrected chi connectivity index (χ4v) is 2.81. The number of aliphatic hydroxyl groups is 4. The third kappa shape index (κ3) is 12.8. The van der Waals surface area contributed by atoms with Crippen molar-refractivity contribution in [3.8, 4) is 0 Å². The largest absolute Gasteiger partial charge is 0.367 e. The molecule has 0 rings (SSSR count). The van der Waals surface area contributed by atoms with E-state index in [1.165, 1.54) is 64.2 Å². The summed E-state index contributed by atoms with van der Waals surface area (Å²) in [5.74, 6) is -2.20. The molecule has 5 heteroatoms. The molecule has 0 aromatic carbocycles. The van der Waals surface area contributed by atoms with Crippen molar-refractivity contribution >= 4 is 0 Å². The summed E-state index contributed by atoms with van der Waals surface area (Å²) in [4.78, 5) is 0. The molecule has 0 aliphatic heterocycles. The van der Waals surface area contributed by atoms with Gasteiger partial charge in [0.1, 0.15) is 6.04 Å². The second-order valence-electron chi connectivity index (χ2n) is 6.81. The first kappa shape index (κ1) is 22.8. The number of hydrogen-bond donors (Lipinski definition) is 5. The molecule has 6 N–H and O–H groups in total. The number of nitrogens with two attached hydrogens (primary N) is 1. The Morgan fingerprint density at radius 2 is 1.04 bits per heavy atom. The lowest BCUT2D eigenvalue weighted by molar-refractivity contribution is -0.226. The molecule has 140 valence electrons. The molecule has 0 spiro atoms.